The summed E-state index contributed by atoms with van der Waals surface area (Å²) in [4.78, 5) is 21.5. The lowest BCUT2D eigenvalue weighted by molar-refractivity contribution is -0.186. The van der Waals surface area contributed by atoms with Crippen molar-refractivity contribution in [3.63, 3.8) is 0 Å². The number of thiazole rings is 1. The van der Waals surface area contributed by atoms with Crippen LogP contribution < -0.4 is 4.90 Å². The molecule has 0 spiro atoms. The highest BCUT2D eigenvalue weighted by atomic mass is 35.5. The monoisotopic (exact) mass is 531 g/mol. The SMILES string of the molecule is CC(=O)O[C@@H]1C[C@@]2(O)[C@H](C=C1C)CCC[C@]2(C)[C@@H](C)CN1CCN(c2nc3ccc(Cl)cc3s2)CC1. The molecule has 36 heavy (non-hydrogen) atoms. The van der Waals surface area contributed by atoms with Gasteiger partial charge in [0.25, 0.3) is 0 Å². The molecule has 0 radical (unpaired) electrons. The molecule has 2 fully saturated rings. The summed E-state index contributed by atoms with van der Waals surface area (Å²) in [5.74, 6) is 0.149. The van der Waals surface area contributed by atoms with Gasteiger partial charge in [-0.1, -0.05) is 49.3 Å². The number of hydrogen-bond acceptors (Lipinski definition) is 7. The van der Waals surface area contributed by atoms with Crippen LogP contribution in [0.4, 0.5) is 5.13 Å². The molecule has 5 rings (SSSR count). The first-order valence-electron chi connectivity index (χ1n) is 13.2. The highest BCUT2D eigenvalue weighted by molar-refractivity contribution is 7.22. The topological polar surface area (TPSA) is 65.9 Å². The molecular formula is C28H38ClN3O3S. The fraction of sp³-hybridized carbons (Fsp3) is 0.643. The van der Waals surface area contributed by atoms with E-state index in [9.17, 15) is 9.90 Å². The number of benzene rings is 1. The van der Waals surface area contributed by atoms with E-state index < -0.39 is 5.60 Å². The summed E-state index contributed by atoms with van der Waals surface area (Å²) in [6.45, 7) is 12.9. The van der Waals surface area contributed by atoms with Crippen LogP contribution in [0, 0.1) is 17.3 Å². The van der Waals surface area contributed by atoms with Crippen LogP contribution >= 0.6 is 22.9 Å². The van der Waals surface area contributed by atoms with Crippen LogP contribution in [0.2, 0.25) is 5.02 Å². The van der Waals surface area contributed by atoms with Crippen LogP contribution in [-0.2, 0) is 9.53 Å². The standard InChI is InChI=1S/C28H38ClN3O3S/c1-18-14-21-6-5-9-27(4,28(21,34)16-24(18)35-20(3)33)19(2)17-31-10-12-32(13-11-31)26-30-23-8-7-22(29)15-25(23)36-26/h7-8,14-15,19,21,24,34H,5-6,9-13,16-17H2,1-4H3/t19-,21-,24+,27+,28+/m0/s1. The van der Waals surface area contributed by atoms with Crippen LogP contribution in [0.25, 0.3) is 10.2 Å². The molecule has 1 aliphatic heterocycles. The summed E-state index contributed by atoms with van der Waals surface area (Å²) >= 11 is 7.87. The molecule has 1 aromatic carbocycles. The van der Waals surface area contributed by atoms with Gasteiger partial charge in [0.2, 0.25) is 0 Å². The highest BCUT2D eigenvalue weighted by Gasteiger charge is 2.58. The summed E-state index contributed by atoms with van der Waals surface area (Å²) in [5, 5.41) is 14.0. The maximum absolute atomic E-state index is 12.2. The van der Waals surface area contributed by atoms with Gasteiger partial charge in [0.15, 0.2) is 5.13 Å². The summed E-state index contributed by atoms with van der Waals surface area (Å²) < 4.78 is 6.76. The zero-order valence-corrected chi connectivity index (χ0v) is 23.4. The van der Waals surface area contributed by atoms with Crippen LogP contribution in [0.5, 0.6) is 0 Å². The molecule has 0 unspecified atom stereocenters. The van der Waals surface area contributed by atoms with Gasteiger partial charge in [-0.05, 0) is 49.5 Å². The van der Waals surface area contributed by atoms with E-state index in [1.54, 1.807) is 11.3 Å². The number of ether oxygens (including phenoxy) is 1. The molecule has 6 nitrogen and oxygen atoms in total. The van der Waals surface area contributed by atoms with Gasteiger partial charge in [-0.3, -0.25) is 9.69 Å². The minimum Gasteiger partial charge on any atom is -0.458 e. The molecule has 3 aliphatic rings. The Morgan fingerprint density at radius 1 is 1.33 bits per heavy atom. The second kappa shape index (κ2) is 9.90. The Morgan fingerprint density at radius 2 is 2.08 bits per heavy atom. The van der Waals surface area contributed by atoms with Gasteiger partial charge in [-0.2, -0.15) is 0 Å². The second-order valence-electron chi connectivity index (χ2n) is 11.4. The molecule has 196 valence electrons. The molecule has 2 heterocycles. The zero-order chi connectivity index (χ0) is 25.7. The Labute approximate surface area is 223 Å². The zero-order valence-electron chi connectivity index (χ0n) is 21.8. The van der Waals surface area contributed by atoms with Crippen molar-refractivity contribution < 1.29 is 14.6 Å². The van der Waals surface area contributed by atoms with Crippen molar-refractivity contribution >= 4 is 44.3 Å². The van der Waals surface area contributed by atoms with Crippen molar-refractivity contribution in [3.8, 4) is 0 Å². The number of fused-ring (bicyclic) bond motifs is 2. The number of carbonyl (C=O) groups is 1. The molecule has 8 heteroatoms. The maximum atomic E-state index is 12.2. The molecule has 1 aromatic heterocycles. The van der Waals surface area contributed by atoms with Crippen molar-refractivity contribution in [1.82, 2.24) is 9.88 Å². The molecule has 5 atom stereocenters. The number of aromatic nitrogens is 1. The van der Waals surface area contributed by atoms with E-state index in [2.05, 4.69) is 29.7 Å². The molecular weight excluding hydrogens is 494 g/mol. The summed E-state index contributed by atoms with van der Waals surface area (Å²) in [7, 11) is 0. The van der Waals surface area contributed by atoms with Gasteiger partial charge in [0, 0.05) is 62.4 Å². The Kier molecular flexibility index (Phi) is 7.14. The molecule has 2 aliphatic carbocycles. The largest absolute Gasteiger partial charge is 0.458 e. The van der Waals surface area contributed by atoms with E-state index in [1.165, 1.54) is 6.92 Å². The fourth-order valence-corrected chi connectivity index (χ4v) is 8.08. The van der Waals surface area contributed by atoms with Crippen LogP contribution in [0.3, 0.4) is 0 Å². The Hall–Kier alpha value is -1.67. The number of aliphatic hydroxyl groups is 1. The van der Waals surface area contributed by atoms with E-state index in [0.29, 0.717) is 12.3 Å². The lowest BCUT2D eigenvalue weighted by Gasteiger charge is -2.58. The van der Waals surface area contributed by atoms with E-state index >= 15 is 0 Å². The van der Waals surface area contributed by atoms with Crippen molar-refractivity contribution in [1.29, 1.82) is 0 Å². The normalized spacial score (nSPS) is 32.2. The Morgan fingerprint density at radius 3 is 2.81 bits per heavy atom. The lowest BCUT2D eigenvalue weighted by atomic mass is 9.51. The molecule has 0 bridgehead atoms. The molecule has 2 aromatic rings. The number of halogens is 1. The van der Waals surface area contributed by atoms with Crippen LogP contribution in [0.1, 0.15) is 53.4 Å². The molecule has 1 saturated heterocycles. The second-order valence-corrected chi connectivity index (χ2v) is 12.8. The van der Waals surface area contributed by atoms with E-state index in [1.807, 2.05) is 25.1 Å². The first-order valence-corrected chi connectivity index (χ1v) is 14.4. The van der Waals surface area contributed by atoms with Crippen molar-refractivity contribution in [2.45, 2.75) is 65.1 Å². The third-order valence-corrected chi connectivity index (χ3v) is 10.5. The Bertz CT molecular complexity index is 1160. The van der Waals surface area contributed by atoms with Gasteiger partial charge in [0.05, 0.1) is 15.8 Å². The summed E-state index contributed by atoms with van der Waals surface area (Å²) in [5.41, 5.74) is 0.973. The van der Waals surface area contributed by atoms with Crippen LogP contribution in [0.15, 0.2) is 29.8 Å². The van der Waals surface area contributed by atoms with Crippen molar-refractivity contribution in [2.24, 2.45) is 17.3 Å². The van der Waals surface area contributed by atoms with Crippen molar-refractivity contribution in [2.75, 3.05) is 37.6 Å². The first-order chi connectivity index (χ1) is 17.1. The number of hydrogen-bond donors (Lipinski definition) is 1. The third kappa shape index (κ3) is 4.68. The quantitative estimate of drug-likeness (QED) is 0.404. The number of piperazine rings is 1. The van der Waals surface area contributed by atoms with Crippen molar-refractivity contribution in [3.05, 3.63) is 34.9 Å². The number of carbonyl (C=O) groups excluding carboxylic acids is 1. The van der Waals surface area contributed by atoms with Gasteiger partial charge < -0.3 is 14.7 Å². The maximum Gasteiger partial charge on any atom is 0.303 e. The lowest BCUT2D eigenvalue weighted by Crippen LogP contribution is -2.62. The highest BCUT2D eigenvalue weighted by Crippen LogP contribution is 2.56. The average Bonchev–Trinajstić information content (AvgIpc) is 3.24. The Balaban J connectivity index is 1.25. The van der Waals surface area contributed by atoms with Crippen LogP contribution in [-0.4, -0.2) is 65.4 Å². The number of rotatable bonds is 5. The predicted octanol–water partition coefficient (Wildman–Crippen LogP) is 5.53. The minimum absolute atomic E-state index is 0.120. The van der Waals surface area contributed by atoms with Gasteiger partial charge >= 0.3 is 5.97 Å². The summed E-state index contributed by atoms with van der Waals surface area (Å²) in [6, 6.07) is 5.88. The van der Waals surface area contributed by atoms with Gasteiger partial charge in [-0.15, -0.1) is 0 Å². The molecule has 1 N–H and O–H groups in total. The number of esters is 1. The summed E-state index contributed by atoms with van der Waals surface area (Å²) in [6.07, 6.45) is 5.46. The van der Waals surface area contributed by atoms with E-state index in [-0.39, 0.29) is 23.4 Å². The van der Waals surface area contributed by atoms with E-state index in [4.69, 9.17) is 21.3 Å². The fourth-order valence-electron chi connectivity index (χ4n) is 6.78. The van der Waals surface area contributed by atoms with Gasteiger partial charge in [-0.25, -0.2) is 4.98 Å². The predicted molar refractivity (Wildman–Crippen MR) is 147 cm³/mol. The van der Waals surface area contributed by atoms with E-state index in [0.717, 1.165) is 77.9 Å². The molecule has 0 amide bonds. The smallest absolute Gasteiger partial charge is 0.303 e. The third-order valence-electron chi connectivity index (χ3n) is 9.19. The first kappa shape index (κ1) is 26.0. The number of anilines is 1. The van der Waals surface area contributed by atoms with Gasteiger partial charge in [0.1, 0.15) is 6.10 Å². The average molecular weight is 532 g/mol. The molecule has 1 saturated carbocycles. The minimum atomic E-state index is -0.867. The number of nitrogens with zero attached hydrogens (tertiary/aromatic N) is 3.